The van der Waals surface area contributed by atoms with Crippen molar-refractivity contribution >= 4 is 0 Å². The molecule has 0 aliphatic carbocycles. The van der Waals surface area contributed by atoms with E-state index in [1.807, 2.05) is 6.07 Å². The van der Waals surface area contributed by atoms with Crippen LogP contribution >= 0.6 is 0 Å². The van der Waals surface area contributed by atoms with Crippen molar-refractivity contribution in [2.45, 2.75) is 13.0 Å². The Morgan fingerprint density at radius 2 is 2.00 bits per heavy atom. The van der Waals surface area contributed by atoms with Gasteiger partial charge in [0.2, 0.25) is 0 Å². The van der Waals surface area contributed by atoms with Crippen LogP contribution in [-0.2, 0) is 0 Å². The van der Waals surface area contributed by atoms with Gasteiger partial charge in [0.1, 0.15) is 13.2 Å². The van der Waals surface area contributed by atoms with Crippen molar-refractivity contribution in [3.05, 3.63) is 23.8 Å². The fraction of sp³-hybridized carbons (Fsp3) is 0.417. The molecule has 1 aliphatic heterocycles. The zero-order valence-corrected chi connectivity index (χ0v) is 9.01. The molecule has 4 nitrogen and oxygen atoms in total. The molecule has 0 aromatic heterocycles. The summed E-state index contributed by atoms with van der Waals surface area (Å²) >= 11 is 0. The number of aliphatic hydroxyl groups excluding tert-OH is 1. The minimum Gasteiger partial charge on any atom is -0.486 e. The zero-order valence-electron chi connectivity index (χ0n) is 9.01. The molecule has 4 heteroatoms. The fourth-order valence-corrected chi connectivity index (χ4v) is 1.60. The molecule has 84 valence electrons. The van der Waals surface area contributed by atoms with Gasteiger partial charge < -0.3 is 14.6 Å². The Hall–Kier alpha value is -1.73. The van der Waals surface area contributed by atoms with Gasteiger partial charge in [-0.25, -0.2) is 0 Å². The lowest BCUT2D eigenvalue weighted by molar-refractivity contribution is 0.140. The van der Waals surface area contributed by atoms with Crippen molar-refractivity contribution in [2.24, 2.45) is 5.92 Å². The minimum absolute atomic E-state index is 0.442. The molecule has 2 rings (SSSR count). The third-order valence-electron chi connectivity index (χ3n) is 2.58. The summed E-state index contributed by atoms with van der Waals surface area (Å²) in [6.07, 6.45) is -0.791. The lowest BCUT2D eigenvalue weighted by atomic mass is 9.98. The van der Waals surface area contributed by atoms with Gasteiger partial charge in [-0.3, -0.25) is 0 Å². The summed E-state index contributed by atoms with van der Waals surface area (Å²) in [6.45, 7) is 2.74. The topological polar surface area (TPSA) is 62.5 Å². The molecular formula is C12H13NO3. The first-order valence-electron chi connectivity index (χ1n) is 5.19. The molecule has 0 amide bonds. The molecule has 1 heterocycles. The SMILES string of the molecule is CC(C#N)C(O)c1ccc2c(c1)OCCO2. The number of aliphatic hydroxyl groups is 1. The van der Waals surface area contributed by atoms with E-state index in [0.29, 0.717) is 30.3 Å². The average Bonchev–Trinajstić information content (AvgIpc) is 2.36. The Bertz CT molecular complexity index is 425. The maximum Gasteiger partial charge on any atom is 0.161 e. The minimum atomic E-state index is -0.791. The zero-order chi connectivity index (χ0) is 11.5. The number of rotatable bonds is 2. The summed E-state index contributed by atoms with van der Waals surface area (Å²) in [4.78, 5) is 0. The number of ether oxygens (including phenoxy) is 2. The van der Waals surface area contributed by atoms with Crippen LogP contribution in [0.15, 0.2) is 18.2 Å². The molecule has 0 radical (unpaired) electrons. The van der Waals surface area contributed by atoms with Crippen LogP contribution in [0.1, 0.15) is 18.6 Å². The van der Waals surface area contributed by atoms with Crippen molar-refractivity contribution < 1.29 is 14.6 Å². The highest BCUT2D eigenvalue weighted by molar-refractivity contribution is 5.44. The number of nitrogens with zero attached hydrogens (tertiary/aromatic N) is 1. The average molecular weight is 219 g/mol. The summed E-state index contributed by atoms with van der Waals surface area (Å²) < 4.78 is 10.8. The normalized spacial score (nSPS) is 17.3. The van der Waals surface area contributed by atoms with Gasteiger partial charge in [0, 0.05) is 0 Å². The molecule has 0 saturated heterocycles. The van der Waals surface area contributed by atoms with Crippen molar-refractivity contribution in [1.29, 1.82) is 5.26 Å². The van der Waals surface area contributed by atoms with E-state index in [1.165, 1.54) is 0 Å². The van der Waals surface area contributed by atoms with Gasteiger partial charge in [-0.1, -0.05) is 6.07 Å². The van der Waals surface area contributed by atoms with E-state index < -0.39 is 12.0 Å². The number of fused-ring (bicyclic) bond motifs is 1. The van der Waals surface area contributed by atoms with Gasteiger partial charge >= 0.3 is 0 Å². The van der Waals surface area contributed by atoms with Crippen molar-refractivity contribution in [2.75, 3.05) is 13.2 Å². The van der Waals surface area contributed by atoms with E-state index in [0.717, 1.165) is 0 Å². The van der Waals surface area contributed by atoms with Gasteiger partial charge in [0.15, 0.2) is 11.5 Å². The fourth-order valence-electron chi connectivity index (χ4n) is 1.60. The molecule has 2 unspecified atom stereocenters. The van der Waals surface area contributed by atoms with Crippen LogP contribution in [0.4, 0.5) is 0 Å². The van der Waals surface area contributed by atoms with Crippen LogP contribution in [0.25, 0.3) is 0 Å². The molecule has 0 fully saturated rings. The van der Waals surface area contributed by atoms with E-state index in [4.69, 9.17) is 14.7 Å². The first-order valence-corrected chi connectivity index (χ1v) is 5.19. The van der Waals surface area contributed by atoms with Gasteiger partial charge in [-0.05, 0) is 24.6 Å². The van der Waals surface area contributed by atoms with Gasteiger partial charge in [0.25, 0.3) is 0 Å². The van der Waals surface area contributed by atoms with Crippen molar-refractivity contribution in [3.63, 3.8) is 0 Å². The Labute approximate surface area is 94.0 Å². The highest BCUT2D eigenvalue weighted by atomic mass is 16.6. The molecule has 0 bridgehead atoms. The van der Waals surface area contributed by atoms with Gasteiger partial charge in [-0.2, -0.15) is 5.26 Å². The summed E-state index contributed by atoms with van der Waals surface area (Å²) in [5.41, 5.74) is 0.679. The molecule has 0 saturated carbocycles. The number of nitriles is 1. The second-order valence-corrected chi connectivity index (χ2v) is 3.77. The third kappa shape index (κ3) is 1.95. The van der Waals surface area contributed by atoms with E-state index in [9.17, 15) is 5.11 Å². The van der Waals surface area contributed by atoms with Crippen molar-refractivity contribution in [3.8, 4) is 17.6 Å². The first-order chi connectivity index (χ1) is 7.72. The van der Waals surface area contributed by atoms with Crippen LogP contribution in [-0.4, -0.2) is 18.3 Å². The lowest BCUT2D eigenvalue weighted by Gasteiger charge is -2.20. The molecule has 1 aromatic carbocycles. The van der Waals surface area contributed by atoms with Crippen molar-refractivity contribution in [1.82, 2.24) is 0 Å². The van der Waals surface area contributed by atoms with Gasteiger partial charge in [-0.15, -0.1) is 0 Å². The monoisotopic (exact) mass is 219 g/mol. The molecule has 0 spiro atoms. The summed E-state index contributed by atoms with van der Waals surface area (Å²) in [5, 5.41) is 18.6. The van der Waals surface area contributed by atoms with E-state index in [2.05, 4.69) is 0 Å². The second-order valence-electron chi connectivity index (χ2n) is 3.77. The Kier molecular flexibility index (Phi) is 2.97. The summed E-state index contributed by atoms with van der Waals surface area (Å²) in [5.74, 6) is 0.877. The predicted molar refractivity (Wildman–Crippen MR) is 57.2 cm³/mol. The highest BCUT2D eigenvalue weighted by Gasteiger charge is 2.19. The molecular weight excluding hydrogens is 206 g/mol. The van der Waals surface area contributed by atoms with Crippen LogP contribution in [0, 0.1) is 17.2 Å². The lowest BCUT2D eigenvalue weighted by Crippen LogP contribution is -2.16. The largest absolute Gasteiger partial charge is 0.486 e. The van der Waals surface area contributed by atoms with Crippen LogP contribution in [0.3, 0.4) is 0 Å². The molecule has 2 atom stereocenters. The van der Waals surface area contributed by atoms with Gasteiger partial charge in [0.05, 0.1) is 18.1 Å². The van der Waals surface area contributed by atoms with E-state index in [1.54, 1.807) is 25.1 Å². The third-order valence-corrected chi connectivity index (χ3v) is 2.58. The smallest absolute Gasteiger partial charge is 0.161 e. The predicted octanol–water partition coefficient (Wildman–Crippen LogP) is 1.65. The number of hydrogen-bond acceptors (Lipinski definition) is 4. The Morgan fingerprint density at radius 1 is 1.31 bits per heavy atom. The Morgan fingerprint density at radius 3 is 2.69 bits per heavy atom. The number of hydrogen-bond donors (Lipinski definition) is 1. The molecule has 1 N–H and O–H groups in total. The maximum absolute atomic E-state index is 9.87. The molecule has 1 aromatic rings. The molecule has 1 aliphatic rings. The van der Waals surface area contributed by atoms with Crippen LogP contribution in [0.5, 0.6) is 11.5 Å². The maximum atomic E-state index is 9.87. The quantitative estimate of drug-likeness (QED) is 0.821. The standard InChI is InChI=1S/C12H13NO3/c1-8(7-13)12(14)9-2-3-10-11(6-9)16-5-4-15-10/h2-3,6,8,12,14H,4-5H2,1H3. The summed E-state index contributed by atoms with van der Waals surface area (Å²) in [6, 6.07) is 7.27. The Balaban J connectivity index is 2.27. The van der Waals surface area contributed by atoms with Crippen LogP contribution in [0.2, 0.25) is 0 Å². The van der Waals surface area contributed by atoms with E-state index in [-0.39, 0.29) is 0 Å². The summed E-state index contributed by atoms with van der Waals surface area (Å²) in [7, 11) is 0. The highest BCUT2D eigenvalue weighted by Crippen LogP contribution is 2.34. The van der Waals surface area contributed by atoms with Crippen LogP contribution < -0.4 is 9.47 Å². The molecule has 16 heavy (non-hydrogen) atoms. The number of benzene rings is 1. The first kappa shape index (κ1) is 10.8. The second kappa shape index (κ2) is 4.42. The van der Waals surface area contributed by atoms with E-state index >= 15 is 0 Å².